The number of piperidine rings is 1. The molecule has 0 aliphatic carbocycles. The summed E-state index contributed by atoms with van der Waals surface area (Å²) < 4.78 is 13.9. The molecule has 0 saturated carbocycles. The topological polar surface area (TPSA) is 64.8 Å². The number of aromatic nitrogens is 3. The molecule has 3 aromatic rings. The number of imidazole rings is 1. The first-order chi connectivity index (χ1) is 12.1. The molecule has 2 N–H and O–H groups in total. The van der Waals surface area contributed by atoms with Crippen molar-refractivity contribution in [3.8, 4) is 0 Å². The van der Waals surface area contributed by atoms with E-state index < -0.39 is 0 Å². The molecule has 25 heavy (non-hydrogen) atoms. The molecule has 6 heteroatoms. The van der Waals surface area contributed by atoms with Crippen LogP contribution in [0.1, 0.15) is 35.8 Å². The van der Waals surface area contributed by atoms with Crippen LogP contribution in [0, 0.1) is 12.7 Å². The van der Waals surface area contributed by atoms with Gasteiger partial charge in [-0.15, -0.1) is 0 Å². The van der Waals surface area contributed by atoms with Gasteiger partial charge in [0.25, 0.3) is 0 Å². The van der Waals surface area contributed by atoms with Crippen LogP contribution in [-0.2, 0) is 11.2 Å². The Kier molecular flexibility index (Phi) is 4.03. The fourth-order valence-electron chi connectivity index (χ4n) is 3.76. The van der Waals surface area contributed by atoms with E-state index in [2.05, 4.69) is 15.0 Å². The van der Waals surface area contributed by atoms with Gasteiger partial charge in [-0.2, -0.15) is 0 Å². The predicted octanol–water partition coefficient (Wildman–Crippen LogP) is 3.29. The van der Waals surface area contributed by atoms with Gasteiger partial charge in [0.2, 0.25) is 5.91 Å². The Hall–Kier alpha value is -2.63. The summed E-state index contributed by atoms with van der Waals surface area (Å²) in [6.45, 7) is 3.37. The Bertz CT molecular complexity index is 892. The molecule has 1 amide bonds. The van der Waals surface area contributed by atoms with Crippen molar-refractivity contribution >= 4 is 16.8 Å². The number of nitrogens with one attached hydrogen (secondary N) is 2. The van der Waals surface area contributed by atoms with E-state index in [-0.39, 0.29) is 11.7 Å². The first-order valence-corrected chi connectivity index (χ1v) is 8.66. The molecular weight excluding hydrogens is 319 g/mol. The first kappa shape index (κ1) is 15.9. The standard InChI is InChI=1S/C19H21FN4O/c1-12-15(14-3-2-4-16(20)18(14)23-12)11-17(25)24-9-5-13(6-10-24)19-21-7-8-22-19/h2-4,7-8,13,23H,5-6,9-11H2,1H3,(H,21,22). The quantitative estimate of drug-likeness (QED) is 0.768. The minimum Gasteiger partial charge on any atom is -0.356 e. The summed E-state index contributed by atoms with van der Waals surface area (Å²) in [6.07, 6.45) is 5.75. The third-order valence-corrected chi connectivity index (χ3v) is 5.19. The number of rotatable bonds is 3. The molecule has 0 atom stereocenters. The molecule has 0 radical (unpaired) electrons. The maximum atomic E-state index is 13.9. The summed E-state index contributed by atoms with van der Waals surface area (Å²) in [5.41, 5.74) is 2.24. The highest BCUT2D eigenvalue weighted by Crippen LogP contribution is 2.28. The van der Waals surface area contributed by atoms with E-state index in [1.807, 2.05) is 24.1 Å². The molecule has 4 rings (SSSR count). The van der Waals surface area contributed by atoms with Crippen molar-refractivity contribution in [2.24, 2.45) is 0 Å². The normalized spacial score (nSPS) is 15.8. The molecule has 1 aromatic carbocycles. The number of halogens is 1. The molecular formula is C19H21FN4O. The van der Waals surface area contributed by atoms with Crippen LogP contribution in [0.4, 0.5) is 4.39 Å². The van der Waals surface area contributed by atoms with Crippen molar-refractivity contribution in [1.29, 1.82) is 0 Å². The van der Waals surface area contributed by atoms with Crippen molar-refractivity contribution < 1.29 is 9.18 Å². The first-order valence-electron chi connectivity index (χ1n) is 8.66. The van der Waals surface area contributed by atoms with Gasteiger partial charge in [-0.25, -0.2) is 9.37 Å². The fourth-order valence-corrected chi connectivity index (χ4v) is 3.76. The third kappa shape index (κ3) is 2.92. The van der Waals surface area contributed by atoms with Crippen LogP contribution in [0.15, 0.2) is 30.6 Å². The zero-order valence-electron chi connectivity index (χ0n) is 14.2. The molecule has 0 unspecified atom stereocenters. The van der Waals surface area contributed by atoms with Gasteiger partial charge in [0.05, 0.1) is 11.9 Å². The van der Waals surface area contributed by atoms with Crippen LogP contribution in [0.2, 0.25) is 0 Å². The van der Waals surface area contributed by atoms with E-state index in [1.165, 1.54) is 6.07 Å². The van der Waals surface area contributed by atoms with E-state index in [0.717, 1.165) is 48.4 Å². The monoisotopic (exact) mass is 340 g/mol. The van der Waals surface area contributed by atoms with E-state index in [0.29, 0.717) is 17.9 Å². The third-order valence-electron chi connectivity index (χ3n) is 5.19. The minimum absolute atomic E-state index is 0.103. The van der Waals surface area contributed by atoms with E-state index in [1.54, 1.807) is 12.3 Å². The van der Waals surface area contributed by atoms with Crippen LogP contribution >= 0.6 is 0 Å². The van der Waals surface area contributed by atoms with Gasteiger partial charge >= 0.3 is 0 Å². The Morgan fingerprint density at radius 3 is 2.88 bits per heavy atom. The largest absolute Gasteiger partial charge is 0.356 e. The second-order valence-corrected chi connectivity index (χ2v) is 6.70. The van der Waals surface area contributed by atoms with Crippen LogP contribution in [0.3, 0.4) is 0 Å². The number of nitrogens with zero attached hydrogens (tertiary/aromatic N) is 2. The molecule has 1 fully saturated rings. The van der Waals surface area contributed by atoms with Crippen molar-refractivity contribution in [1.82, 2.24) is 19.9 Å². The number of aryl methyl sites for hydroxylation is 1. The molecule has 0 spiro atoms. The van der Waals surface area contributed by atoms with Crippen molar-refractivity contribution in [3.63, 3.8) is 0 Å². The number of benzene rings is 1. The maximum Gasteiger partial charge on any atom is 0.227 e. The average Bonchev–Trinajstić information content (AvgIpc) is 3.25. The number of carbonyl (C=O) groups is 1. The molecule has 0 bridgehead atoms. The van der Waals surface area contributed by atoms with Gasteiger partial charge in [-0.1, -0.05) is 12.1 Å². The van der Waals surface area contributed by atoms with Crippen LogP contribution in [-0.4, -0.2) is 38.8 Å². The number of aromatic amines is 2. The smallest absolute Gasteiger partial charge is 0.227 e. The Morgan fingerprint density at radius 2 is 2.16 bits per heavy atom. The number of likely N-dealkylation sites (tertiary alicyclic amines) is 1. The molecule has 1 saturated heterocycles. The number of hydrogen-bond donors (Lipinski definition) is 2. The predicted molar refractivity (Wildman–Crippen MR) is 93.8 cm³/mol. The zero-order valence-corrected chi connectivity index (χ0v) is 14.2. The van der Waals surface area contributed by atoms with Crippen molar-refractivity contribution in [2.45, 2.75) is 32.1 Å². The summed E-state index contributed by atoms with van der Waals surface area (Å²) in [5, 5.41) is 0.802. The lowest BCUT2D eigenvalue weighted by atomic mass is 9.95. The van der Waals surface area contributed by atoms with E-state index in [9.17, 15) is 9.18 Å². The number of hydrogen-bond acceptors (Lipinski definition) is 2. The van der Waals surface area contributed by atoms with Gasteiger partial charge in [0.1, 0.15) is 11.6 Å². The molecule has 1 aliphatic rings. The SMILES string of the molecule is Cc1[nH]c2c(F)cccc2c1CC(=O)N1CCC(c2ncc[nH]2)CC1. The number of fused-ring (bicyclic) bond motifs is 1. The zero-order chi connectivity index (χ0) is 17.4. The molecule has 1 aliphatic heterocycles. The number of amides is 1. The lowest BCUT2D eigenvalue weighted by Crippen LogP contribution is -2.39. The highest BCUT2D eigenvalue weighted by atomic mass is 19.1. The van der Waals surface area contributed by atoms with Crippen LogP contribution < -0.4 is 0 Å². The summed E-state index contributed by atoms with van der Waals surface area (Å²) in [4.78, 5) is 25.2. The summed E-state index contributed by atoms with van der Waals surface area (Å²) in [5.74, 6) is 1.22. The Morgan fingerprint density at radius 1 is 1.36 bits per heavy atom. The average molecular weight is 340 g/mol. The summed E-state index contributed by atoms with van der Waals surface area (Å²) >= 11 is 0. The molecule has 5 nitrogen and oxygen atoms in total. The van der Waals surface area contributed by atoms with Gasteiger partial charge in [-0.05, 0) is 31.4 Å². The van der Waals surface area contributed by atoms with Gasteiger partial charge in [0.15, 0.2) is 0 Å². The number of para-hydroxylation sites is 1. The fraction of sp³-hybridized carbons (Fsp3) is 0.368. The van der Waals surface area contributed by atoms with E-state index >= 15 is 0 Å². The highest BCUT2D eigenvalue weighted by Gasteiger charge is 2.26. The second kappa shape index (κ2) is 6.35. The Labute approximate surface area is 145 Å². The van der Waals surface area contributed by atoms with Gasteiger partial charge in [-0.3, -0.25) is 4.79 Å². The van der Waals surface area contributed by atoms with Gasteiger partial charge in [0, 0.05) is 42.5 Å². The molecule has 2 aromatic heterocycles. The van der Waals surface area contributed by atoms with Crippen LogP contribution in [0.25, 0.3) is 10.9 Å². The van der Waals surface area contributed by atoms with E-state index in [4.69, 9.17) is 0 Å². The Balaban J connectivity index is 1.46. The lowest BCUT2D eigenvalue weighted by molar-refractivity contribution is -0.131. The summed E-state index contributed by atoms with van der Waals surface area (Å²) in [6, 6.07) is 4.99. The van der Waals surface area contributed by atoms with Crippen LogP contribution in [0.5, 0.6) is 0 Å². The van der Waals surface area contributed by atoms with Crippen molar-refractivity contribution in [2.75, 3.05) is 13.1 Å². The second-order valence-electron chi connectivity index (χ2n) is 6.70. The number of carbonyl (C=O) groups excluding carboxylic acids is 1. The van der Waals surface area contributed by atoms with Crippen molar-refractivity contribution in [3.05, 3.63) is 53.5 Å². The van der Waals surface area contributed by atoms with Gasteiger partial charge < -0.3 is 14.9 Å². The maximum absolute atomic E-state index is 13.9. The molecule has 130 valence electrons. The molecule has 3 heterocycles. The lowest BCUT2D eigenvalue weighted by Gasteiger charge is -2.31. The minimum atomic E-state index is -0.279. The summed E-state index contributed by atoms with van der Waals surface area (Å²) in [7, 11) is 0. The highest BCUT2D eigenvalue weighted by molar-refractivity contribution is 5.90. The number of H-pyrrole nitrogens is 2.